The second-order valence-corrected chi connectivity index (χ2v) is 22.0. The summed E-state index contributed by atoms with van der Waals surface area (Å²) >= 11 is 0. The molecule has 0 fully saturated rings. The lowest BCUT2D eigenvalue weighted by Crippen LogP contribution is -2.44. The minimum Gasteiger partial charge on any atom is -0.545 e. The number of carbonyl (C=O) groups is 3. The van der Waals surface area contributed by atoms with Crippen LogP contribution in [0, 0.1) is 0 Å². The van der Waals surface area contributed by atoms with Crippen molar-refractivity contribution in [2.75, 3.05) is 47.5 Å². The number of rotatable bonds is 57. The van der Waals surface area contributed by atoms with E-state index in [4.69, 9.17) is 18.9 Å². The zero-order valence-corrected chi connectivity index (χ0v) is 49.4. The molecule has 0 heterocycles. The second-order valence-electron chi connectivity index (χ2n) is 22.0. The SMILES string of the molecule is CC/C=C\C/C=C\C/C=C\C/C=C\C/C=C\C/C=C\CCCCCCCCCCCCCCCCC(=O)OC(COC(=O)CCCCCCCCCCCCCCCCCCC)COC(OCC[N+](C)(C)C)C(=O)[O-]. The van der Waals surface area contributed by atoms with Gasteiger partial charge in [0, 0.05) is 12.8 Å². The molecule has 2 atom stereocenters. The van der Waals surface area contributed by atoms with Gasteiger partial charge < -0.3 is 33.3 Å². The van der Waals surface area contributed by atoms with Gasteiger partial charge >= 0.3 is 11.9 Å². The van der Waals surface area contributed by atoms with E-state index < -0.39 is 24.3 Å². The second kappa shape index (κ2) is 56.9. The molecule has 434 valence electrons. The van der Waals surface area contributed by atoms with E-state index in [0.29, 0.717) is 23.9 Å². The average molecular weight is 1050 g/mol. The van der Waals surface area contributed by atoms with Crippen LogP contribution in [-0.4, -0.2) is 82.3 Å². The molecule has 0 saturated carbocycles. The molecule has 0 aromatic carbocycles. The molecule has 0 spiro atoms. The molecule has 2 unspecified atom stereocenters. The van der Waals surface area contributed by atoms with Crippen LogP contribution >= 0.6 is 0 Å². The Morgan fingerprint density at radius 3 is 1.13 bits per heavy atom. The lowest BCUT2D eigenvalue weighted by atomic mass is 10.0. The smallest absolute Gasteiger partial charge is 0.306 e. The molecular weight excluding hydrogens is 935 g/mol. The summed E-state index contributed by atoms with van der Waals surface area (Å²) in [5, 5.41) is 11.8. The minimum absolute atomic E-state index is 0.148. The van der Waals surface area contributed by atoms with E-state index in [1.165, 1.54) is 161 Å². The number of likely N-dealkylation sites (N-methyl/N-ethyl adjacent to an activating group) is 1. The van der Waals surface area contributed by atoms with Crippen LogP contribution in [0.25, 0.3) is 0 Å². The number of aliphatic carboxylic acids is 1. The Hall–Kier alpha value is -3.27. The predicted octanol–water partition coefficient (Wildman–Crippen LogP) is 17.2. The van der Waals surface area contributed by atoms with Crippen LogP contribution in [0.2, 0.25) is 0 Å². The summed E-state index contributed by atoms with van der Waals surface area (Å²) in [5.41, 5.74) is 0. The van der Waals surface area contributed by atoms with Crippen molar-refractivity contribution >= 4 is 17.9 Å². The van der Waals surface area contributed by atoms with Gasteiger partial charge in [-0.15, -0.1) is 0 Å². The maximum atomic E-state index is 12.9. The molecule has 0 amide bonds. The topological polar surface area (TPSA) is 111 Å². The van der Waals surface area contributed by atoms with Crippen LogP contribution in [0.5, 0.6) is 0 Å². The van der Waals surface area contributed by atoms with E-state index in [1.54, 1.807) is 0 Å². The van der Waals surface area contributed by atoms with Crippen molar-refractivity contribution in [3.8, 4) is 0 Å². The minimum atomic E-state index is -1.62. The van der Waals surface area contributed by atoms with E-state index in [-0.39, 0.29) is 32.2 Å². The Morgan fingerprint density at radius 2 is 0.760 bits per heavy atom. The van der Waals surface area contributed by atoms with Gasteiger partial charge in [0.05, 0.1) is 40.3 Å². The number of carbonyl (C=O) groups excluding carboxylic acids is 3. The molecule has 0 aromatic rings. The van der Waals surface area contributed by atoms with Gasteiger partial charge in [-0.05, 0) is 64.2 Å². The average Bonchev–Trinajstić information content (AvgIpc) is 3.38. The number of hydrogen-bond acceptors (Lipinski definition) is 8. The van der Waals surface area contributed by atoms with Crippen LogP contribution in [0.4, 0.5) is 0 Å². The molecular formula is C66H117NO8. The van der Waals surface area contributed by atoms with Crippen molar-refractivity contribution < 1.29 is 42.9 Å². The van der Waals surface area contributed by atoms with Gasteiger partial charge in [0.2, 0.25) is 0 Å². The summed E-state index contributed by atoms with van der Waals surface area (Å²) in [6.45, 7) is 4.66. The van der Waals surface area contributed by atoms with Crippen LogP contribution < -0.4 is 5.11 Å². The lowest BCUT2D eigenvalue weighted by molar-refractivity contribution is -0.870. The van der Waals surface area contributed by atoms with Crippen molar-refractivity contribution in [1.29, 1.82) is 0 Å². The van der Waals surface area contributed by atoms with Crippen LogP contribution in [0.3, 0.4) is 0 Å². The first-order valence-corrected chi connectivity index (χ1v) is 31.1. The highest BCUT2D eigenvalue weighted by Crippen LogP contribution is 2.17. The largest absolute Gasteiger partial charge is 0.545 e. The van der Waals surface area contributed by atoms with E-state index in [2.05, 4.69) is 86.8 Å². The van der Waals surface area contributed by atoms with Gasteiger partial charge in [0.25, 0.3) is 0 Å². The normalized spacial score (nSPS) is 13.2. The van der Waals surface area contributed by atoms with E-state index in [1.807, 2.05) is 21.1 Å². The predicted molar refractivity (Wildman–Crippen MR) is 315 cm³/mol. The molecule has 0 N–H and O–H groups in total. The summed E-state index contributed by atoms with van der Waals surface area (Å²) < 4.78 is 22.7. The van der Waals surface area contributed by atoms with E-state index in [9.17, 15) is 19.5 Å². The van der Waals surface area contributed by atoms with Gasteiger partial charge in [0.15, 0.2) is 12.4 Å². The highest BCUT2D eigenvalue weighted by molar-refractivity contribution is 5.70. The Labute approximate surface area is 462 Å². The van der Waals surface area contributed by atoms with Gasteiger partial charge in [-0.3, -0.25) is 9.59 Å². The maximum Gasteiger partial charge on any atom is 0.306 e. The number of carboxylic acids is 1. The summed E-state index contributed by atoms with van der Waals surface area (Å²) in [6, 6.07) is 0. The number of nitrogens with zero attached hydrogens (tertiary/aromatic N) is 1. The summed E-state index contributed by atoms with van der Waals surface area (Å²) in [6.07, 6.45) is 71.0. The molecule has 0 rings (SSSR count). The molecule has 0 aliphatic heterocycles. The maximum absolute atomic E-state index is 12.9. The zero-order valence-electron chi connectivity index (χ0n) is 49.4. The monoisotopic (exact) mass is 1050 g/mol. The third kappa shape index (κ3) is 58.3. The number of unbranched alkanes of at least 4 members (excludes halogenated alkanes) is 30. The molecule has 9 heteroatoms. The zero-order chi connectivity index (χ0) is 54.8. The lowest BCUT2D eigenvalue weighted by Gasteiger charge is -2.26. The van der Waals surface area contributed by atoms with Gasteiger partial charge in [-0.25, -0.2) is 0 Å². The standard InChI is InChI=1S/C66H117NO8/c1-6-8-10-12-14-16-18-20-22-24-25-26-27-28-29-30-31-32-33-34-35-36-37-38-39-41-43-45-47-49-51-53-55-57-64(69)75-62(61-74-66(65(70)71)72-59-58-67(3,4)5)60-73-63(68)56-54-52-50-48-46-44-42-40-23-21-19-17-15-13-11-9-7-2/h8,10,14,16,20,22,25-26,28-29,31-32,62,66H,6-7,9,11-13,15,17-19,21,23-24,27,30,33-61H2,1-5H3/b10-8-,16-14-,22-20-,26-25-,29-28-,32-31-. The van der Waals surface area contributed by atoms with Crippen LogP contribution in [0.1, 0.15) is 271 Å². The fourth-order valence-corrected chi connectivity index (χ4v) is 8.72. The van der Waals surface area contributed by atoms with Crippen LogP contribution in [-0.2, 0) is 33.3 Å². The number of carboxylic acid groups (broad SMARTS) is 1. The van der Waals surface area contributed by atoms with Crippen molar-refractivity contribution in [3.63, 3.8) is 0 Å². The number of allylic oxidation sites excluding steroid dienone is 12. The molecule has 0 radical (unpaired) electrons. The van der Waals surface area contributed by atoms with E-state index >= 15 is 0 Å². The molecule has 0 saturated heterocycles. The summed E-state index contributed by atoms with van der Waals surface area (Å²) in [7, 11) is 5.93. The third-order valence-electron chi connectivity index (χ3n) is 13.5. The van der Waals surface area contributed by atoms with E-state index in [0.717, 1.165) is 77.0 Å². The number of hydrogen-bond donors (Lipinski definition) is 0. The molecule has 9 nitrogen and oxygen atoms in total. The van der Waals surface area contributed by atoms with Crippen molar-refractivity contribution in [2.45, 2.75) is 283 Å². The molecule has 0 bridgehead atoms. The molecule has 0 aliphatic rings. The first-order chi connectivity index (χ1) is 36.6. The van der Waals surface area contributed by atoms with Crippen molar-refractivity contribution in [3.05, 3.63) is 72.9 Å². The Bertz CT molecular complexity index is 1460. The third-order valence-corrected chi connectivity index (χ3v) is 13.5. The Balaban J connectivity index is 4.13. The van der Waals surface area contributed by atoms with Crippen molar-refractivity contribution in [1.82, 2.24) is 0 Å². The quantitative estimate of drug-likeness (QED) is 0.0195. The Morgan fingerprint density at radius 1 is 0.413 bits per heavy atom. The number of esters is 2. The van der Waals surface area contributed by atoms with Crippen molar-refractivity contribution in [2.24, 2.45) is 0 Å². The first-order valence-electron chi connectivity index (χ1n) is 31.1. The van der Waals surface area contributed by atoms with Gasteiger partial charge in [0.1, 0.15) is 13.2 Å². The fourth-order valence-electron chi connectivity index (χ4n) is 8.72. The molecule has 0 aliphatic carbocycles. The fraction of sp³-hybridized carbons (Fsp3) is 0.773. The molecule has 0 aromatic heterocycles. The summed E-state index contributed by atoms with van der Waals surface area (Å²) in [5.74, 6) is -2.27. The highest BCUT2D eigenvalue weighted by atomic mass is 16.7. The van der Waals surface area contributed by atoms with Gasteiger partial charge in [-0.2, -0.15) is 0 Å². The molecule has 75 heavy (non-hydrogen) atoms. The first kappa shape index (κ1) is 71.7. The number of ether oxygens (including phenoxy) is 4. The van der Waals surface area contributed by atoms with Gasteiger partial charge in [-0.1, -0.05) is 267 Å². The highest BCUT2D eigenvalue weighted by Gasteiger charge is 2.22. The summed E-state index contributed by atoms with van der Waals surface area (Å²) in [4.78, 5) is 37.3. The number of quaternary nitrogens is 1. The van der Waals surface area contributed by atoms with Crippen LogP contribution in [0.15, 0.2) is 72.9 Å². The Kier molecular flexibility index (Phi) is 54.4.